The lowest BCUT2D eigenvalue weighted by Gasteiger charge is -2.31. The summed E-state index contributed by atoms with van der Waals surface area (Å²) in [5.74, 6) is -0.686. The molecule has 2 amide bonds. The number of carbonyl (C=O) groups excluding carboxylic acids is 2. The molecule has 0 radical (unpaired) electrons. The van der Waals surface area contributed by atoms with Crippen LogP contribution in [-0.4, -0.2) is 78.5 Å². The molecule has 0 spiro atoms. The van der Waals surface area contributed by atoms with Crippen LogP contribution in [0.3, 0.4) is 0 Å². The highest BCUT2D eigenvalue weighted by atomic mass is 19.1. The number of nitrogens with one attached hydrogen (secondary N) is 1. The minimum absolute atomic E-state index is 0.190. The third kappa shape index (κ3) is 5.50. The Hall–Kier alpha value is -3.08. The summed E-state index contributed by atoms with van der Waals surface area (Å²) in [7, 11) is 1.58. The van der Waals surface area contributed by atoms with E-state index in [-0.39, 0.29) is 36.7 Å². The molecule has 0 unspecified atom stereocenters. The third-order valence-corrected chi connectivity index (χ3v) is 6.62. The van der Waals surface area contributed by atoms with Crippen LogP contribution in [0.2, 0.25) is 0 Å². The molecule has 9 nitrogen and oxygen atoms in total. The number of carbonyl (C=O) groups is 2. The smallest absolute Gasteiger partial charge is 0.274 e. The predicted octanol–water partition coefficient (Wildman–Crippen LogP) is 2.94. The van der Waals surface area contributed by atoms with E-state index in [1.54, 1.807) is 37.4 Å². The zero-order valence-electron chi connectivity index (χ0n) is 21.1. The van der Waals surface area contributed by atoms with Crippen molar-refractivity contribution in [1.29, 1.82) is 0 Å². The summed E-state index contributed by atoms with van der Waals surface area (Å²) in [4.78, 5) is 34.2. The van der Waals surface area contributed by atoms with Crippen molar-refractivity contribution >= 4 is 23.2 Å². The Morgan fingerprint density at radius 1 is 1.31 bits per heavy atom. The van der Waals surface area contributed by atoms with Crippen molar-refractivity contribution in [2.75, 3.05) is 50.2 Å². The number of halogens is 1. The summed E-state index contributed by atoms with van der Waals surface area (Å²) in [6.45, 7) is 6.84. The first-order valence-electron chi connectivity index (χ1n) is 12.0. The van der Waals surface area contributed by atoms with Gasteiger partial charge in [-0.1, -0.05) is 6.07 Å². The lowest BCUT2D eigenvalue weighted by Crippen LogP contribution is -2.42. The Morgan fingerprint density at radius 3 is 2.69 bits per heavy atom. The van der Waals surface area contributed by atoms with Crippen molar-refractivity contribution in [2.24, 2.45) is 0 Å². The van der Waals surface area contributed by atoms with Gasteiger partial charge in [0.1, 0.15) is 11.9 Å². The number of amides is 2. The third-order valence-electron chi connectivity index (χ3n) is 6.62. The van der Waals surface area contributed by atoms with E-state index < -0.39 is 11.8 Å². The van der Waals surface area contributed by atoms with Gasteiger partial charge in [-0.2, -0.15) is 0 Å². The second-order valence-corrected chi connectivity index (χ2v) is 9.71. The molecule has 194 valence electrons. The van der Waals surface area contributed by atoms with Crippen molar-refractivity contribution in [2.45, 2.75) is 45.2 Å². The molecule has 36 heavy (non-hydrogen) atoms. The highest BCUT2D eigenvalue weighted by molar-refractivity contribution is 6.07. The van der Waals surface area contributed by atoms with Crippen LogP contribution in [0.25, 0.3) is 0 Å². The molecule has 10 heteroatoms. The van der Waals surface area contributed by atoms with Gasteiger partial charge in [-0.25, -0.2) is 9.37 Å². The molecular weight excluding hydrogens is 467 g/mol. The summed E-state index contributed by atoms with van der Waals surface area (Å²) in [6, 6.07) is 8.71. The molecule has 3 heterocycles. The maximum absolute atomic E-state index is 14.5. The van der Waals surface area contributed by atoms with Gasteiger partial charge in [0.15, 0.2) is 0 Å². The predicted molar refractivity (Wildman–Crippen MR) is 133 cm³/mol. The molecule has 1 aromatic heterocycles. The number of aromatic nitrogens is 1. The van der Waals surface area contributed by atoms with Crippen LogP contribution in [0, 0.1) is 0 Å². The summed E-state index contributed by atoms with van der Waals surface area (Å²) < 4.78 is 25.3. The zero-order chi connectivity index (χ0) is 26.0. The monoisotopic (exact) mass is 500 g/mol. The number of ether oxygens (including phenoxy) is 2. The summed E-state index contributed by atoms with van der Waals surface area (Å²) in [5.41, 5.74) is 1.71. The van der Waals surface area contributed by atoms with Gasteiger partial charge in [0.2, 0.25) is 0 Å². The van der Waals surface area contributed by atoms with Crippen LogP contribution < -0.4 is 10.2 Å². The molecule has 0 aliphatic carbocycles. The molecule has 2 aromatic rings. The number of benzene rings is 1. The molecule has 1 saturated heterocycles. The molecule has 0 bridgehead atoms. The lowest BCUT2D eigenvalue weighted by atomic mass is 10.0. The number of rotatable bonds is 8. The average Bonchev–Trinajstić information content (AvgIpc) is 3.16. The van der Waals surface area contributed by atoms with Gasteiger partial charge in [0.25, 0.3) is 11.8 Å². The van der Waals surface area contributed by atoms with E-state index in [4.69, 9.17) is 9.47 Å². The van der Waals surface area contributed by atoms with Gasteiger partial charge in [-0.15, -0.1) is 0 Å². The number of alkyl halides is 1. The molecular formula is C26H33FN4O5. The fraction of sp³-hybridized carbons (Fsp3) is 0.500. The first-order chi connectivity index (χ1) is 17.1. The first kappa shape index (κ1) is 26.0. The van der Waals surface area contributed by atoms with Gasteiger partial charge in [-0.3, -0.25) is 9.59 Å². The van der Waals surface area contributed by atoms with Crippen LogP contribution in [0.4, 0.5) is 15.8 Å². The van der Waals surface area contributed by atoms with Crippen LogP contribution in [-0.2, 0) is 16.0 Å². The van der Waals surface area contributed by atoms with Gasteiger partial charge >= 0.3 is 0 Å². The van der Waals surface area contributed by atoms with E-state index in [1.165, 1.54) is 18.7 Å². The molecule has 2 aliphatic rings. The minimum Gasteiger partial charge on any atom is -0.387 e. The van der Waals surface area contributed by atoms with E-state index in [0.29, 0.717) is 54.5 Å². The van der Waals surface area contributed by atoms with Crippen LogP contribution >= 0.6 is 0 Å². The van der Waals surface area contributed by atoms with Gasteiger partial charge in [0, 0.05) is 32.3 Å². The van der Waals surface area contributed by atoms with Crippen LogP contribution in [0.5, 0.6) is 0 Å². The van der Waals surface area contributed by atoms with E-state index in [1.807, 2.05) is 6.92 Å². The quantitative estimate of drug-likeness (QED) is 0.574. The molecule has 1 fully saturated rings. The molecule has 2 aliphatic heterocycles. The SMILES string of the molecule is CO[C@H](C)c1cccc(C(=O)Nc2cc3c(cc2N2CCOCC2)C(=O)N(C[C@@H](F)C(C)(C)O)C3)n1. The highest BCUT2D eigenvalue weighted by Crippen LogP contribution is 2.35. The second kappa shape index (κ2) is 10.5. The number of nitrogens with zero attached hydrogens (tertiary/aromatic N) is 3. The Morgan fingerprint density at radius 2 is 2.03 bits per heavy atom. The van der Waals surface area contributed by atoms with E-state index in [2.05, 4.69) is 15.2 Å². The summed E-state index contributed by atoms with van der Waals surface area (Å²) >= 11 is 0. The molecule has 1 aromatic carbocycles. The second-order valence-electron chi connectivity index (χ2n) is 9.71. The number of hydrogen-bond acceptors (Lipinski definition) is 7. The maximum Gasteiger partial charge on any atom is 0.274 e. The number of pyridine rings is 1. The number of fused-ring (bicyclic) bond motifs is 1. The normalized spacial score (nSPS) is 17.7. The largest absolute Gasteiger partial charge is 0.387 e. The molecule has 2 atom stereocenters. The highest BCUT2D eigenvalue weighted by Gasteiger charge is 2.35. The fourth-order valence-electron chi connectivity index (χ4n) is 4.25. The Kier molecular flexibility index (Phi) is 7.58. The van der Waals surface area contributed by atoms with Crippen molar-refractivity contribution in [3.05, 3.63) is 52.8 Å². The van der Waals surface area contributed by atoms with E-state index in [0.717, 1.165) is 0 Å². The zero-order valence-corrected chi connectivity index (χ0v) is 21.1. The number of morpholine rings is 1. The molecule has 4 rings (SSSR count). The number of aliphatic hydroxyl groups is 1. The lowest BCUT2D eigenvalue weighted by molar-refractivity contribution is -0.0159. The Balaban J connectivity index is 1.64. The fourth-order valence-corrected chi connectivity index (χ4v) is 4.25. The first-order valence-corrected chi connectivity index (χ1v) is 12.0. The van der Waals surface area contributed by atoms with Crippen molar-refractivity contribution in [3.63, 3.8) is 0 Å². The van der Waals surface area contributed by atoms with Gasteiger partial charge < -0.3 is 29.7 Å². The number of methoxy groups -OCH3 is 1. The average molecular weight is 501 g/mol. The van der Waals surface area contributed by atoms with Gasteiger partial charge in [-0.05, 0) is 50.6 Å². The van der Waals surface area contributed by atoms with E-state index >= 15 is 0 Å². The topological polar surface area (TPSA) is 104 Å². The van der Waals surface area contributed by atoms with Crippen molar-refractivity contribution in [1.82, 2.24) is 9.88 Å². The van der Waals surface area contributed by atoms with Crippen LogP contribution in [0.15, 0.2) is 30.3 Å². The molecule has 0 saturated carbocycles. The van der Waals surface area contributed by atoms with Crippen molar-refractivity contribution in [3.8, 4) is 0 Å². The van der Waals surface area contributed by atoms with E-state index in [9.17, 15) is 19.1 Å². The number of anilines is 2. The standard InChI is InChI=1S/C26H33FN4O5/c1-16(35-4)19-6-5-7-20(28-19)24(32)29-21-12-17-14-31(15-23(27)26(2,3)34)25(33)18(17)13-22(21)30-8-10-36-11-9-30/h5-7,12-13,16,23,34H,8-11,14-15H2,1-4H3,(H,29,32)/t16-,23-/m1/s1. The summed E-state index contributed by atoms with van der Waals surface area (Å²) in [6.07, 6.45) is -1.86. The number of hydrogen-bond donors (Lipinski definition) is 2. The Bertz CT molecular complexity index is 1130. The summed E-state index contributed by atoms with van der Waals surface area (Å²) in [5, 5.41) is 13.0. The van der Waals surface area contributed by atoms with Crippen LogP contribution in [0.1, 0.15) is 59.0 Å². The molecule has 2 N–H and O–H groups in total. The maximum atomic E-state index is 14.5. The minimum atomic E-state index is -1.60. The van der Waals surface area contributed by atoms with Gasteiger partial charge in [0.05, 0.1) is 48.5 Å². The Labute approximate surface area is 210 Å². The van der Waals surface area contributed by atoms with Crippen molar-refractivity contribution < 1.29 is 28.6 Å².